The lowest BCUT2D eigenvalue weighted by atomic mass is 10.2. The van der Waals surface area contributed by atoms with Gasteiger partial charge in [-0.25, -0.2) is 9.78 Å². The third-order valence-electron chi connectivity index (χ3n) is 4.51. The van der Waals surface area contributed by atoms with Crippen LogP contribution in [-0.4, -0.2) is 75.5 Å². The predicted molar refractivity (Wildman–Crippen MR) is 136 cm³/mol. The number of hydrogen-bond acceptors (Lipinski definition) is 11. The molecule has 3 aromatic rings. The molecular formula is C22H31N11O3. The Bertz CT molecular complexity index is 1190. The topological polar surface area (TPSA) is 164 Å². The number of nitrogens with zero attached hydrogens (tertiary/aromatic N) is 7. The highest BCUT2D eigenvalue weighted by atomic mass is 16.6. The molecule has 36 heavy (non-hydrogen) atoms. The largest absolute Gasteiger partial charge is 0.444 e. The Labute approximate surface area is 208 Å². The zero-order valence-electron chi connectivity index (χ0n) is 21.2. The van der Waals surface area contributed by atoms with Gasteiger partial charge in [-0.05, 0) is 45.0 Å². The Balaban J connectivity index is 1.67. The summed E-state index contributed by atoms with van der Waals surface area (Å²) in [5.41, 5.74) is -0.305. The van der Waals surface area contributed by atoms with E-state index in [1.807, 2.05) is 19.0 Å². The van der Waals surface area contributed by atoms with Crippen molar-refractivity contribution in [2.75, 3.05) is 48.5 Å². The van der Waals surface area contributed by atoms with E-state index < -0.39 is 17.6 Å². The summed E-state index contributed by atoms with van der Waals surface area (Å²) in [4.78, 5) is 32.4. The van der Waals surface area contributed by atoms with Gasteiger partial charge < -0.3 is 30.9 Å². The smallest absolute Gasteiger partial charge is 0.407 e. The maximum atomic E-state index is 13.0. The minimum absolute atomic E-state index is 0.272. The second kappa shape index (κ2) is 11.3. The van der Waals surface area contributed by atoms with E-state index in [1.165, 1.54) is 11.0 Å². The molecule has 4 N–H and O–H groups in total. The van der Waals surface area contributed by atoms with Crippen molar-refractivity contribution in [3.8, 4) is 0 Å². The van der Waals surface area contributed by atoms with Crippen LogP contribution in [0.3, 0.4) is 0 Å². The predicted octanol–water partition coefficient (Wildman–Crippen LogP) is 2.09. The van der Waals surface area contributed by atoms with Crippen LogP contribution < -0.4 is 26.2 Å². The zero-order chi connectivity index (χ0) is 26.3. The highest BCUT2D eigenvalue weighted by molar-refractivity contribution is 6.07. The summed E-state index contributed by atoms with van der Waals surface area (Å²) in [5, 5.41) is 27.9. The Kier molecular flexibility index (Phi) is 8.19. The molecule has 14 nitrogen and oxygen atoms in total. The fourth-order valence-electron chi connectivity index (χ4n) is 2.85. The molecule has 0 spiro atoms. The Morgan fingerprint density at radius 3 is 2.44 bits per heavy atom. The van der Waals surface area contributed by atoms with Crippen LogP contribution in [0.25, 0.3) is 0 Å². The average molecular weight is 498 g/mol. The molecule has 0 bridgehead atoms. The van der Waals surface area contributed by atoms with E-state index in [2.05, 4.69) is 46.6 Å². The van der Waals surface area contributed by atoms with E-state index in [-0.39, 0.29) is 17.9 Å². The van der Waals surface area contributed by atoms with Crippen LogP contribution in [0.5, 0.6) is 0 Å². The second-order valence-electron chi connectivity index (χ2n) is 8.85. The summed E-state index contributed by atoms with van der Waals surface area (Å²) >= 11 is 0. The van der Waals surface area contributed by atoms with E-state index in [0.29, 0.717) is 29.8 Å². The summed E-state index contributed by atoms with van der Waals surface area (Å²) in [7, 11) is 5.42. The highest BCUT2D eigenvalue weighted by Crippen LogP contribution is 2.21. The second-order valence-corrected chi connectivity index (χ2v) is 8.85. The van der Waals surface area contributed by atoms with Crippen LogP contribution in [0.15, 0.2) is 30.5 Å². The van der Waals surface area contributed by atoms with Gasteiger partial charge in [-0.3, -0.25) is 4.79 Å². The summed E-state index contributed by atoms with van der Waals surface area (Å²) in [6.45, 7) is 5.97. The molecule has 0 atom stereocenters. The maximum Gasteiger partial charge on any atom is 0.407 e. The van der Waals surface area contributed by atoms with Crippen molar-refractivity contribution in [2.24, 2.45) is 0 Å². The van der Waals surface area contributed by atoms with E-state index in [9.17, 15) is 9.59 Å². The van der Waals surface area contributed by atoms with Crippen molar-refractivity contribution in [1.29, 1.82) is 0 Å². The average Bonchev–Trinajstić information content (AvgIpc) is 3.25. The third-order valence-corrected chi connectivity index (χ3v) is 4.51. The first-order valence-corrected chi connectivity index (χ1v) is 11.2. The molecule has 0 fully saturated rings. The molecule has 3 rings (SSSR count). The van der Waals surface area contributed by atoms with Crippen molar-refractivity contribution in [2.45, 2.75) is 32.9 Å². The van der Waals surface area contributed by atoms with Crippen molar-refractivity contribution in [3.05, 3.63) is 36.0 Å². The standard InChI is InChI=1S/C22H31N11O3/c1-22(2,3)36-21(35)24-11-12-33-25-13-17(31-33)27-19-14(7-8-15(23-4)26-19)20(34)28-16-9-10-18(30-29-16)32(5)6/h7-10,13H,11-12H2,1-6H3,(H,24,35)(H,28,29,34)(H2,23,26,27,31). The number of ether oxygens (including phenoxy) is 1. The van der Waals surface area contributed by atoms with Gasteiger partial charge in [0, 0.05) is 27.7 Å². The Morgan fingerprint density at radius 2 is 1.81 bits per heavy atom. The van der Waals surface area contributed by atoms with Crippen molar-refractivity contribution < 1.29 is 14.3 Å². The van der Waals surface area contributed by atoms with Crippen LogP contribution in [0.2, 0.25) is 0 Å². The molecular weight excluding hydrogens is 466 g/mol. The van der Waals surface area contributed by atoms with Gasteiger partial charge in [-0.1, -0.05) is 0 Å². The van der Waals surface area contributed by atoms with Gasteiger partial charge in [0.25, 0.3) is 5.91 Å². The molecule has 2 amide bonds. The van der Waals surface area contributed by atoms with E-state index >= 15 is 0 Å². The number of anilines is 5. The quantitative estimate of drug-likeness (QED) is 0.342. The molecule has 0 radical (unpaired) electrons. The molecule has 0 aromatic carbocycles. The first kappa shape index (κ1) is 26.1. The molecule has 3 heterocycles. The van der Waals surface area contributed by atoms with Gasteiger partial charge in [-0.15, -0.1) is 15.3 Å². The minimum atomic E-state index is -0.577. The molecule has 3 aromatic heterocycles. The van der Waals surface area contributed by atoms with E-state index in [0.717, 1.165) is 0 Å². The molecule has 0 aliphatic carbocycles. The number of nitrogens with one attached hydrogen (secondary N) is 4. The van der Waals surface area contributed by atoms with Gasteiger partial charge in [0.1, 0.15) is 17.2 Å². The number of hydrogen-bond donors (Lipinski definition) is 4. The summed E-state index contributed by atoms with van der Waals surface area (Å²) in [6.07, 6.45) is 0.978. The monoisotopic (exact) mass is 497 g/mol. The van der Waals surface area contributed by atoms with Crippen molar-refractivity contribution in [1.82, 2.24) is 35.5 Å². The van der Waals surface area contributed by atoms with E-state index in [4.69, 9.17) is 4.74 Å². The SMILES string of the molecule is CNc1ccc(C(=O)Nc2ccc(N(C)C)nn2)c(Nc2cnn(CCNC(=O)OC(C)(C)C)n2)n1. The fourth-order valence-corrected chi connectivity index (χ4v) is 2.85. The van der Waals surface area contributed by atoms with Crippen LogP contribution in [0, 0.1) is 0 Å². The van der Waals surface area contributed by atoms with Crippen LogP contribution in [0.1, 0.15) is 31.1 Å². The summed E-state index contributed by atoms with van der Waals surface area (Å²) in [5.74, 6) is 1.75. The van der Waals surface area contributed by atoms with Gasteiger partial charge in [0.05, 0.1) is 18.3 Å². The molecule has 0 saturated carbocycles. The lowest BCUT2D eigenvalue weighted by Gasteiger charge is -2.19. The number of carbonyl (C=O) groups is 2. The number of amides is 2. The number of pyridine rings is 1. The Morgan fingerprint density at radius 1 is 1.06 bits per heavy atom. The summed E-state index contributed by atoms with van der Waals surface area (Å²) < 4.78 is 5.20. The molecule has 0 aliphatic heterocycles. The minimum Gasteiger partial charge on any atom is -0.444 e. The molecule has 0 unspecified atom stereocenters. The van der Waals surface area contributed by atoms with Crippen LogP contribution in [-0.2, 0) is 11.3 Å². The van der Waals surface area contributed by atoms with Crippen LogP contribution in [0.4, 0.5) is 33.9 Å². The lowest BCUT2D eigenvalue weighted by Crippen LogP contribution is -2.34. The first-order valence-electron chi connectivity index (χ1n) is 11.2. The third kappa shape index (κ3) is 7.51. The maximum absolute atomic E-state index is 13.0. The normalized spacial score (nSPS) is 10.9. The highest BCUT2D eigenvalue weighted by Gasteiger charge is 2.17. The summed E-state index contributed by atoms with van der Waals surface area (Å²) in [6, 6.07) is 6.73. The molecule has 0 aliphatic rings. The van der Waals surface area contributed by atoms with Crippen LogP contribution >= 0.6 is 0 Å². The lowest BCUT2D eigenvalue weighted by molar-refractivity contribution is 0.0525. The molecule has 14 heteroatoms. The molecule has 0 saturated heterocycles. The molecule has 192 valence electrons. The number of rotatable bonds is 9. The number of carbonyl (C=O) groups excluding carboxylic acids is 2. The van der Waals surface area contributed by atoms with Crippen molar-refractivity contribution in [3.63, 3.8) is 0 Å². The van der Waals surface area contributed by atoms with Gasteiger partial charge in [0.15, 0.2) is 17.5 Å². The zero-order valence-corrected chi connectivity index (χ0v) is 21.2. The number of aromatic nitrogens is 6. The Hall–Kier alpha value is -4.49. The van der Waals surface area contributed by atoms with Gasteiger partial charge in [-0.2, -0.15) is 9.90 Å². The van der Waals surface area contributed by atoms with E-state index in [1.54, 1.807) is 52.1 Å². The van der Waals surface area contributed by atoms with Crippen molar-refractivity contribution >= 4 is 41.1 Å². The first-order chi connectivity index (χ1) is 17.0. The van der Waals surface area contributed by atoms with Gasteiger partial charge >= 0.3 is 6.09 Å². The van der Waals surface area contributed by atoms with Gasteiger partial charge in [0.2, 0.25) is 0 Å². The fraction of sp³-hybridized carbons (Fsp3) is 0.409. The number of alkyl carbamates (subject to hydrolysis) is 1.